The molecule has 1 aliphatic rings. The zero-order chi connectivity index (χ0) is 14.9. The van der Waals surface area contributed by atoms with Crippen LogP contribution in [0, 0.1) is 11.8 Å². The standard InChI is InChI=1S/C15H18BrNO3/c1-9(2)17(8-10-3-5-11(16)6-4-10)14(18)12-7-13(12)15(19)20/h3-6,9,12-13H,7-8H2,1-2H3,(H,19,20). The van der Waals surface area contributed by atoms with Crippen LogP contribution in [0.4, 0.5) is 0 Å². The maximum atomic E-state index is 12.4. The van der Waals surface area contributed by atoms with Gasteiger partial charge in [-0.2, -0.15) is 0 Å². The Morgan fingerprint density at radius 2 is 1.90 bits per heavy atom. The van der Waals surface area contributed by atoms with Crippen molar-refractivity contribution in [1.29, 1.82) is 0 Å². The fraction of sp³-hybridized carbons (Fsp3) is 0.467. The third-order valence-electron chi connectivity index (χ3n) is 3.60. The van der Waals surface area contributed by atoms with Gasteiger partial charge >= 0.3 is 5.97 Å². The van der Waals surface area contributed by atoms with E-state index in [4.69, 9.17) is 5.11 Å². The highest BCUT2D eigenvalue weighted by atomic mass is 79.9. The summed E-state index contributed by atoms with van der Waals surface area (Å²) >= 11 is 3.38. The van der Waals surface area contributed by atoms with Crippen LogP contribution in [0.5, 0.6) is 0 Å². The Morgan fingerprint density at radius 3 is 2.35 bits per heavy atom. The molecule has 0 radical (unpaired) electrons. The number of carboxylic acids is 1. The highest BCUT2D eigenvalue weighted by Crippen LogP contribution is 2.40. The summed E-state index contributed by atoms with van der Waals surface area (Å²) in [6.45, 7) is 4.43. The van der Waals surface area contributed by atoms with Crippen molar-refractivity contribution >= 4 is 27.8 Å². The molecule has 1 aromatic rings. The first kappa shape index (κ1) is 15.0. The van der Waals surface area contributed by atoms with Crippen molar-refractivity contribution in [3.8, 4) is 0 Å². The van der Waals surface area contributed by atoms with Gasteiger partial charge in [-0.05, 0) is 38.0 Å². The molecule has 1 aliphatic carbocycles. The number of halogens is 1. The zero-order valence-electron chi connectivity index (χ0n) is 11.5. The Labute approximate surface area is 126 Å². The number of rotatable bonds is 5. The lowest BCUT2D eigenvalue weighted by atomic mass is 10.1. The molecule has 0 aliphatic heterocycles. The first-order chi connectivity index (χ1) is 9.40. The minimum Gasteiger partial charge on any atom is -0.481 e. The molecule has 5 heteroatoms. The summed E-state index contributed by atoms with van der Waals surface area (Å²) < 4.78 is 0.997. The molecule has 1 aromatic carbocycles. The number of benzene rings is 1. The summed E-state index contributed by atoms with van der Waals surface area (Å²) in [5.41, 5.74) is 1.04. The molecule has 1 amide bonds. The fourth-order valence-electron chi connectivity index (χ4n) is 2.26. The molecule has 108 valence electrons. The van der Waals surface area contributed by atoms with E-state index in [2.05, 4.69) is 15.9 Å². The maximum absolute atomic E-state index is 12.4. The molecule has 2 atom stereocenters. The summed E-state index contributed by atoms with van der Waals surface area (Å²) in [4.78, 5) is 25.0. The third kappa shape index (κ3) is 3.39. The molecule has 4 nitrogen and oxygen atoms in total. The van der Waals surface area contributed by atoms with Crippen molar-refractivity contribution in [3.05, 3.63) is 34.3 Å². The average molecular weight is 340 g/mol. The van der Waals surface area contributed by atoms with E-state index in [0.717, 1.165) is 10.0 Å². The Balaban J connectivity index is 2.06. The number of aliphatic carboxylic acids is 1. The number of carbonyl (C=O) groups excluding carboxylic acids is 1. The van der Waals surface area contributed by atoms with E-state index in [9.17, 15) is 9.59 Å². The number of hydrogen-bond donors (Lipinski definition) is 1. The van der Waals surface area contributed by atoms with Crippen LogP contribution in [-0.2, 0) is 16.1 Å². The lowest BCUT2D eigenvalue weighted by Gasteiger charge is -2.27. The van der Waals surface area contributed by atoms with E-state index in [1.54, 1.807) is 4.90 Å². The van der Waals surface area contributed by atoms with Crippen molar-refractivity contribution in [1.82, 2.24) is 4.90 Å². The van der Waals surface area contributed by atoms with Crippen LogP contribution in [0.25, 0.3) is 0 Å². The van der Waals surface area contributed by atoms with Crippen LogP contribution in [0.1, 0.15) is 25.8 Å². The quantitative estimate of drug-likeness (QED) is 0.897. The van der Waals surface area contributed by atoms with Gasteiger partial charge in [0.15, 0.2) is 0 Å². The van der Waals surface area contributed by atoms with Gasteiger partial charge < -0.3 is 10.0 Å². The molecular formula is C15H18BrNO3. The fourth-order valence-corrected chi connectivity index (χ4v) is 2.52. The van der Waals surface area contributed by atoms with E-state index in [0.29, 0.717) is 13.0 Å². The van der Waals surface area contributed by atoms with Gasteiger partial charge in [0.2, 0.25) is 5.91 Å². The number of carbonyl (C=O) groups is 2. The Kier molecular flexibility index (Phi) is 4.48. The lowest BCUT2D eigenvalue weighted by Crippen LogP contribution is -2.38. The molecule has 1 N–H and O–H groups in total. The van der Waals surface area contributed by atoms with Crippen molar-refractivity contribution < 1.29 is 14.7 Å². The van der Waals surface area contributed by atoms with Gasteiger partial charge in [0.05, 0.1) is 11.8 Å². The average Bonchev–Trinajstić information content (AvgIpc) is 3.17. The van der Waals surface area contributed by atoms with Gasteiger partial charge in [-0.1, -0.05) is 28.1 Å². The Morgan fingerprint density at radius 1 is 1.30 bits per heavy atom. The second-order valence-electron chi connectivity index (χ2n) is 5.47. The molecule has 0 aromatic heterocycles. The number of carboxylic acid groups (broad SMARTS) is 1. The van der Waals surface area contributed by atoms with E-state index in [1.165, 1.54) is 0 Å². The van der Waals surface area contributed by atoms with Gasteiger partial charge in [-0.25, -0.2) is 0 Å². The first-order valence-electron chi connectivity index (χ1n) is 6.68. The molecule has 0 bridgehead atoms. The molecule has 2 unspecified atom stereocenters. The first-order valence-corrected chi connectivity index (χ1v) is 7.47. The van der Waals surface area contributed by atoms with E-state index >= 15 is 0 Å². The molecule has 1 saturated carbocycles. The second-order valence-corrected chi connectivity index (χ2v) is 6.39. The largest absolute Gasteiger partial charge is 0.481 e. The number of hydrogen-bond acceptors (Lipinski definition) is 2. The summed E-state index contributed by atoms with van der Waals surface area (Å²) in [5, 5.41) is 8.94. The normalized spacial score (nSPS) is 20.8. The summed E-state index contributed by atoms with van der Waals surface area (Å²) in [5.74, 6) is -1.75. The highest BCUT2D eigenvalue weighted by Gasteiger charge is 2.50. The monoisotopic (exact) mass is 339 g/mol. The Bertz CT molecular complexity index is 512. The van der Waals surface area contributed by atoms with Crippen molar-refractivity contribution in [2.45, 2.75) is 32.9 Å². The predicted octanol–water partition coefficient (Wildman–Crippen LogP) is 2.91. The predicted molar refractivity (Wildman–Crippen MR) is 79.1 cm³/mol. The number of nitrogens with zero attached hydrogens (tertiary/aromatic N) is 1. The van der Waals surface area contributed by atoms with Crippen LogP contribution in [-0.4, -0.2) is 27.9 Å². The summed E-state index contributed by atoms with van der Waals surface area (Å²) in [6.07, 6.45) is 0.470. The minimum absolute atomic E-state index is 0.0460. The zero-order valence-corrected chi connectivity index (χ0v) is 13.1. The molecule has 0 spiro atoms. The molecule has 0 heterocycles. The van der Waals surface area contributed by atoms with Gasteiger partial charge in [0.25, 0.3) is 0 Å². The molecule has 20 heavy (non-hydrogen) atoms. The van der Waals surface area contributed by atoms with Crippen LogP contribution in [0.15, 0.2) is 28.7 Å². The molecular weight excluding hydrogens is 322 g/mol. The van der Waals surface area contributed by atoms with E-state index < -0.39 is 11.9 Å². The smallest absolute Gasteiger partial charge is 0.307 e. The second kappa shape index (κ2) is 5.95. The lowest BCUT2D eigenvalue weighted by molar-refractivity contribution is -0.142. The van der Waals surface area contributed by atoms with Crippen LogP contribution < -0.4 is 0 Å². The SMILES string of the molecule is CC(C)N(Cc1ccc(Br)cc1)C(=O)C1CC1C(=O)O. The third-order valence-corrected chi connectivity index (χ3v) is 4.13. The van der Waals surface area contributed by atoms with Gasteiger partial charge in [0.1, 0.15) is 0 Å². The van der Waals surface area contributed by atoms with Gasteiger partial charge in [0, 0.05) is 17.1 Å². The van der Waals surface area contributed by atoms with Crippen molar-refractivity contribution in [3.63, 3.8) is 0 Å². The highest BCUT2D eigenvalue weighted by molar-refractivity contribution is 9.10. The maximum Gasteiger partial charge on any atom is 0.307 e. The van der Waals surface area contributed by atoms with Crippen LogP contribution >= 0.6 is 15.9 Å². The number of amides is 1. The summed E-state index contributed by atoms with van der Waals surface area (Å²) in [6, 6.07) is 7.87. The molecule has 0 saturated heterocycles. The minimum atomic E-state index is -0.865. The van der Waals surface area contributed by atoms with Crippen LogP contribution in [0.2, 0.25) is 0 Å². The van der Waals surface area contributed by atoms with Crippen LogP contribution in [0.3, 0.4) is 0 Å². The van der Waals surface area contributed by atoms with E-state index in [-0.39, 0.29) is 17.9 Å². The van der Waals surface area contributed by atoms with Crippen molar-refractivity contribution in [2.24, 2.45) is 11.8 Å². The van der Waals surface area contributed by atoms with Gasteiger partial charge in [-0.15, -0.1) is 0 Å². The topological polar surface area (TPSA) is 57.6 Å². The molecule has 1 fully saturated rings. The van der Waals surface area contributed by atoms with Crippen molar-refractivity contribution in [2.75, 3.05) is 0 Å². The Hall–Kier alpha value is -1.36. The van der Waals surface area contributed by atoms with Gasteiger partial charge in [-0.3, -0.25) is 9.59 Å². The summed E-state index contributed by atoms with van der Waals surface area (Å²) in [7, 11) is 0. The molecule has 2 rings (SSSR count). The van der Waals surface area contributed by atoms with E-state index in [1.807, 2.05) is 38.1 Å².